The summed E-state index contributed by atoms with van der Waals surface area (Å²) >= 11 is 0. The highest BCUT2D eigenvalue weighted by atomic mass is 16.5. The molecule has 112 valence electrons. The Morgan fingerprint density at radius 2 is 1.80 bits per heavy atom. The molecule has 1 aromatic carbocycles. The number of aliphatic hydroxyl groups excluding tert-OH is 1. The van der Waals surface area contributed by atoms with Gasteiger partial charge < -0.3 is 14.7 Å². The summed E-state index contributed by atoms with van der Waals surface area (Å²) in [4.78, 5) is 2.53. The number of piperidine rings is 1. The first kappa shape index (κ1) is 15.5. The molecule has 0 amide bonds. The third kappa shape index (κ3) is 5.61. The van der Waals surface area contributed by atoms with Crippen LogP contribution in [0.1, 0.15) is 37.7 Å². The molecule has 0 aromatic heterocycles. The molecular formula is C17H27NO2. The topological polar surface area (TPSA) is 32.7 Å². The van der Waals surface area contributed by atoms with E-state index in [1.807, 2.05) is 6.07 Å². The van der Waals surface area contributed by atoms with Gasteiger partial charge in [0.2, 0.25) is 0 Å². The zero-order valence-electron chi connectivity index (χ0n) is 12.3. The molecule has 0 radical (unpaired) electrons. The Bertz CT molecular complexity index is 347. The minimum absolute atomic E-state index is 0.329. The molecule has 1 aliphatic rings. The molecule has 0 aliphatic carbocycles. The van der Waals surface area contributed by atoms with E-state index in [9.17, 15) is 0 Å². The van der Waals surface area contributed by atoms with Crippen molar-refractivity contribution < 1.29 is 9.84 Å². The Kier molecular flexibility index (Phi) is 7.06. The second-order valence-electron chi connectivity index (χ2n) is 5.62. The maximum atomic E-state index is 8.76. The van der Waals surface area contributed by atoms with Gasteiger partial charge in [0.1, 0.15) is 0 Å². The molecule has 1 aromatic rings. The largest absolute Gasteiger partial charge is 0.396 e. The van der Waals surface area contributed by atoms with Crippen molar-refractivity contribution in [2.75, 3.05) is 26.2 Å². The van der Waals surface area contributed by atoms with E-state index >= 15 is 0 Å². The molecule has 20 heavy (non-hydrogen) atoms. The maximum Gasteiger partial charge on any atom is 0.0720 e. The highest BCUT2D eigenvalue weighted by Gasteiger charge is 2.19. The van der Waals surface area contributed by atoms with Crippen LogP contribution in [0.25, 0.3) is 0 Å². The Morgan fingerprint density at radius 1 is 1.05 bits per heavy atom. The van der Waals surface area contributed by atoms with Crippen molar-refractivity contribution in [2.45, 2.75) is 44.8 Å². The molecule has 3 heteroatoms. The zero-order valence-corrected chi connectivity index (χ0v) is 12.3. The second-order valence-corrected chi connectivity index (χ2v) is 5.62. The number of benzene rings is 1. The summed E-state index contributed by atoms with van der Waals surface area (Å²) in [6.45, 7) is 4.54. The summed E-state index contributed by atoms with van der Waals surface area (Å²) in [6, 6.07) is 10.4. The number of ether oxygens (including phenoxy) is 1. The monoisotopic (exact) mass is 277 g/mol. The number of aliphatic hydroxyl groups is 1. The Balaban J connectivity index is 1.57. The average Bonchev–Trinajstić information content (AvgIpc) is 2.52. The minimum atomic E-state index is 0.329. The van der Waals surface area contributed by atoms with Gasteiger partial charge in [0.25, 0.3) is 0 Å². The summed E-state index contributed by atoms with van der Waals surface area (Å²) in [5.74, 6) is 0. The normalized spacial score (nSPS) is 17.4. The molecule has 2 rings (SSSR count). The third-order valence-corrected chi connectivity index (χ3v) is 4.00. The first-order chi connectivity index (χ1) is 9.88. The first-order valence-corrected chi connectivity index (χ1v) is 7.87. The molecule has 1 N–H and O–H groups in total. The second kappa shape index (κ2) is 9.11. The van der Waals surface area contributed by atoms with Crippen LogP contribution in [-0.4, -0.2) is 42.4 Å². The van der Waals surface area contributed by atoms with E-state index in [0.717, 1.165) is 45.4 Å². The standard InChI is InChI=1S/C17H27NO2/c19-14-6-2-5-11-18-12-9-17(10-13-18)20-15-16-7-3-1-4-8-16/h1,3-4,7-8,17,19H,2,5-6,9-15H2. The van der Waals surface area contributed by atoms with E-state index in [4.69, 9.17) is 9.84 Å². The van der Waals surface area contributed by atoms with E-state index in [0.29, 0.717) is 12.7 Å². The van der Waals surface area contributed by atoms with E-state index < -0.39 is 0 Å². The van der Waals surface area contributed by atoms with Gasteiger partial charge in [-0.25, -0.2) is 0 Å². The van der Waals surface area contributed by atoms with Gasteiger partial charge in [-0.05, 0) is 44.2 Å². The first-order valence-electron chi connectivity index (χ1n) is 7.87. The molecule has 1 fully saturated rings. The summed E-state index contributed by atoms with van der Waals surface area (Å²) in [5.41, 5.74) is 1.26. The number of hydrogen-bond acceptors (Lipinski definition) is 3. The minimum Gasteiger partial charge on any atom is -0.396 e. The van der Waals surface area contributed by atoms with Crippen LogP contribution in [0, 0.1) is 0 Å². The van der Waals surface area contributed by atoms with Gasteiger partial charge in [0.15, 0.2) is 0 Å². The van der Waals surface area contributed by atoms with E-state index in [1.165, 1.54) is 18.5 Å². The zero-order chi connectivity index (χ0) is 14.0. The van der Waals surface area contributed by atoms with Gasteiger partial charge >= 0.3 is 0 Å². The van der Waals surface area contributed by atoms with Crippen molar-refractivity contribution >= 4 is 0 Å². The summed E-state index contributed by atoms with van der Waals surface area (Å²) in [5, 5.41) is 8.76. The van der Waals surface area contributed by atoms with Crippen molar-refractivity contribution in [3.63, 3.8) is 0 Å². The lowest BCUT2D eigenvalue weighted by molar-refractivity contribution is -0.00268. The highest BCUT2D eigenvalue weighted by molar-refractivity contribution is 5.13. The number of rotatable bonds is 8. The molecule has 3 nitrogen and oxygen atoms in total. The Morgan fingerprint density at radius 3 is 2.50 bits per heavy atom. The fraction of sp³-hybridized carbons (Fsp3) is 0.647. The van der Waals surface area contributed by atoms with Crippen LogP contribution < -0.4 is 0 Å². The van der Waals surface area contributed by atoms with Gasteiger partial charge in [-0.3, -0.25) is 0 Å². The van der Waals surface area contributed by atoms with Crippen LogP contribution in [0.15, 0.2) is 30.3 Å². The Hall–Kier alpha value is -0.900. The van der Waals surface area contributed by atoms with Gasteiger partial charge in [-0.1, -0.05) is 30.3 Å². The van der Waals surface area contributed by atoms with Crippen molar-refractivity contribution in [1.82, 2.24) is 4.90 Å². The number of likely N-dealkylation sites (tertiary alicyclic amines) is 1. The summed E-state index contributed by atoms with van der Waals surface area (Å²) in [7, 11) is 0. The molecule has 0 spiro atoms. The van der Waals surface area contributed by atoms with Crippen LogP contribution in [0.3, 0.4) is 0 Å². The quantitative estimate of drug-likeness (QED) is 0.742. The molecule has 1 saturated heterocycles. The molecular weight excluding hydrogens is 250 g/mol. The maximum absolute atomic E-state index is 8.76. The molecule has 0 unspecified atom stereocenters. The number of unbranched alkanes of at least 4 members (excludes halogenated alkanes) is 2. The van der Waals surface area contributed by atoms with Gasteiger partial charge in [0, 0.05) is 19.7 Å². The molecule has 1 aliphatic heterocycles. The number of hydrogen-bond donors (Lipinski definition) is 1. The number of nitrogens with zero attached hydrogens (tertiary/aromatic N) is 1. The van der Waals surface area contributed by atoms with Crippen molar-refractivity contribution in [3.8, 4) is 0 Å². The lowest BCUT2D eigenvalue weighted by Crippen LogP contribution is -2.37. The van der Waals surface area contributed by atoms with Gasteiger partial charge in [0.05, 0.1) is 12.7 Å². The molecule has 0 bridgehead atoms. The smallest absolute Gasteiger partial charge is 0.0720 e. The van der Waals surface area contributed by atoms with Gasteiger partial charge in [-0.2, -0.15) is 0 Å². The van der Waals surface area contributed by atoms with Crippen molar-refractivity contribution in [1.29, 1.82) is 0 Å². The Labute approximate surface area is 122 Å². The average molecular weight is 277 g/mol. The van der Waals surface area contributed by atoms with Gasteiger partial charge in [-0.15, -0.1) is 0 Å². The molecule has 1 heterocycles. The van der Waals surface area contributed by atoms with Crippen molar-refractivity contribution in [2.24, 2.45) is 0 Å². The fourth-order valence-corrected chi connectivity index (χ4v) is 2.71. The third-order valence-electron chi connectivity index (χ3n) is 4.00. The summed E-state index contributed by atoms with van der Waals surface area (Å²) < 4.78 is 6.00. The van der Waals surface area contributed by atoms with E-state index in [1.54, 1.807) is 0 Å². The summed E-state index contributed by atoms with van der Waals surface area (Å²) in [6.07, 6.45) is 6.00. The SMILES string of the molecule is OCCCCCN1CCC(OCc2ccccc2)CC1. The lowest BCUT2D eigenvalue weighted by atomic mass is 10.1. The fourth-order valence-electron chi connectivity index (χ4n) is 2.71. The predicted molar refractivity (Wildman–Crippen MR) is 81.6 cm³/mol. The predicted octanol–water partition coefficient (Wildman–Crippen LogP) is 2.83. The molecule has 0 saturated carbocycles. The van der Waals surface area contributed by atoms with Crippen molar-refractivity contribution in [3.05, 3.63) is 35.9 Å². The van der Waals surface area contributed by atoms with E-state index in [2.05, 4.69) is 29.2 Å². The van der Waals surface area contributed by atoms with Crippen LogP contribution >= 0.6 is 0 Å². The van der Waals surface area contributed by atoms with E-state index in [-0.39, 0.29) is 0 Å². The van der Waals surface area contributed by atoms with Crippen LogP contribution in [-0.2, 0) is 11.3 Å². The molecule has 0 atom stereocenters. The highest BCUT2D eigenvalue weighted by Crippen LogP contribution is 2.16. The van der Waals surface area contributed by atoms with Crippen LogP contribution in [0.2, 0.25) is 0 Å². The van der Waals surface area contributed by atoms with Crippen LogP contribution in [0.5, 0.6) is 0 Å². The van der Waals surface area contributed by atoms with Crippen LogP contribution in [0.4, 0.5) is 0 Å². The lowest BCUT2D eigenvalue weighted by Gasteiger charge is -2.31.